The van der Waals surface area contributed by atoms with Crippen molar-refractivity contribution in [1.29, 1.82) is 0 Å². The van der Waals surface area contributed by atoms with Gasteiger partial charge in [0.05, 0.1) is 13.7 Å². The second-order valence-electron chi connectivity index (χ2n) is 2.84. The molecule has 0 aliphatic heterocycles. The summed E-state index contributed by atoms with van der Waals surface area (Å²) in [6.07, 6.45) is 1.85. The van der Waals surface area contributed by atoms with E-state index in [2.05, 4.69) is 9.97 Å². The molecular weight excluding hydrogens is 200 g/mol. The molecule has 0 fully saturated rings. The van der Waals surface area contributed by atoms with Crippen LogP contribution in [-0.4, -0.2) is 29.7 Å². The second kappa shape index (κ2) is 5.14. The minimum absolute atomic E-state index is 0.236. The molecule has 1 N–H and O–H groups in total. The van der Waals surface area contributed by atoms with Crippen LogP contribution in [0.2, 0.25) is 0 Å². The number of ether oxygens (including phenoxy) is 2. The van der Waals surface area contributed by atoms with Crippen LogP contribution in [-0.2, 0) is 16.0 Å². The number of hydrogen-bond donors (Lipinski definition) is 1. The van der Waals surface area contributed by atoms with E-state index in [1.807, 2.05) is 0 Å². The van der Waals surface area contributed by atoms with Crippen molar-refractivity contribution >= 4 is 5.97 Å². The molecule has 15 heavy (non-hydrogen) atoms. The van der Waals surface area contributed by atoms with Crippen molar-refractivity contribution in [2.75, 3.05) is 13.7 Å². The van der Waals surface area contributed by atoms with Crippen molar-refractivity contribution in [2.24, 2.45) is 0 Å². The van der Waals surface area contributed by atoms with Crippen LogP contribution in [0.4, 0.5) is 0 Å². The third-order valence-corrected chi connectivity index (χ3v) is 1.73. The van der Waals surface area contributed by atoms with Gasteiger partial charge in [-0.3, -0.25) is 9.78 Å². The van der Waals surface area contributed by atoms with Gasteiger partial charge in [0.25, 0.3) is 0 Å². The van der Waals surface area contributed by atoms with Crippen molar-refractivity contribution in [3.05, 3.63) is 22.2 Å². The van der Waals surface area contributed by atoms with Gasteiger partial charge in [-0.1, -0.05) is 0 Å². The van der Waals surface area contributed by atoms with Crippen LogP contribution in [0.25, 0.3) is 0 Å². The smallest absolute Gasteiger partial charge is 0.347 e. The molecule has 0 aliphatic rings. The molecule has 1 aromatic heterocycles. The highest BCUT2D eigenvalue weighted by Crippen LogP contribution is 2.11. The molecule has 0 aliphatic carbocycles. The topological polar surface area (TPSA) is 81.3 Å². The molecule has 82 valence electrons. The molecule has 0 atom stereocenters. The number of hydrogen-bond acceptors (Lipinski definition) is 5. The van der Waals surface area contributed by atoms with Gasteiger partial charge in [0.2, 0.25) is 0 Å². The van der Waals surface area contributed by atoms with Gasteiger partial charge in [-0.05, 0) is 0 Å². The van der Waals surface area contributed by atoms with Gasteiger partial charge in [0.1, 0.15) is 0 Å². The fourth-order valence-corrected chi connectivity index (χ4v) is 1.07. The molecule has 0 saturated heterocycles. The summed E-state index contributed by atoms with van der Waals surface area (Å²) >= 11 is 0. The number of carbonyl (C=O) groups excluding carboxylic acids is 1. The van der Waals surface area contributed by atoms with E-state index in [-0.39, 0.29) is 12.6 Å². The van der Waals surface area contributed by atoms with Gasteiger partial charge in [-0.15, -0.1) is 0 Å². The van der Waals surface area contributed by atoms with E-state index in [9.17, 15) is 9.59 Å². The third kappa shape index (κ3) is 3.41. The maximum Gasteiger partial charge on any atom is 0.347 e. The van der Waals surface area contributed by atoms with Gasteiger partial charge in [0, 0.05) is 25.1 Å². The number of nitrogens with zero attached hydrogens (tertiary/aromatic N) is 1. The average Bonchev–Trinajstić information content (AvgIpc) is 2.19. The monoisotopic (exact) mass is 212 g/mol. The molecule has 1 rings (SSSR count). The van der Waals surface area contributed by atoms with Crippen LogP contribution in [0.1, 0.15) is 12.5 Å². The zero-order valence-corrected chi connectivity index (χ0v) is 8.57. The third-order valence-electron chi connectivity index (χ3n) is 1.73. The summed E-state index contributed by atoms with van der Waals surface area (Å²) in [6.45, 7) is 1.57. The number of H-pyrrole nitrogens is 1. The Labute approximate surface area is 86.2 Å². The van der Waals surface area contributed by atoms with Crippen LogP contribution < -0.4 is 10.4 Å². The maximum absolute atomic E-state index is 10.9. The van der Waals surface area contributed by atoms with Crippen molar-refractivity contribution < 1.29 is 14.3 Å². The Balaban J connectivity index is 2.68. The molecule has 0 spiro atoms. The lowest BCUT2D eigenvalue weighted by atomic mass is 10.2. The SMILES string of the molecule is COc1[nH]c(=O)ncc1CCOC(C)=O. The summed E-state index contributed by atoms with van der Waals surface area (Å²) in [5, 5.41) is 0. The summed E-state index contributed by atoms with van der Waals surface area (Å²) in [6, 6.07) is 0. The molecule has 0 saturated carbocycles. The molecular formula is C9H12N2O4. The Morgan fingerprint density at radius 2 is 2.33 bits per heavy atom. The lowest BCUT2D eigenvalue weighted by molar-refractivity contribution is -0.140. The number of aromatic nitrogens is 2. The minimum atomic E-state index is -0.469. The van der Waals surface area contributed by atoms with Gasteiger partial charge < -0.3 is 9.47 Å². The van der Waals surface area contributed by atoms with Crippen molar-refractivity contribution in [1.82, 2.24) is 9.97 Å². The summed E-state index contributed by atoms with van der Waals surface area (Å²) in [7, 11) is 1.45. The standard InChI is InChI=1S/C9H12N2O4/c1-6(12)15-4-3-7-5-10-9(13)11-8(7)14-2/h5H,3-4H2,1-2H3,(H,10,11,13). The number of esters is 1. The molecule has 0 unspecified atom stereocenters. The largest absolute Gasteiger partial charge is 0.482 e. The molecule has 0 amide bonds. The minimum Gasteiger partial charge on any atom is -0.482 e. The van der Waals surface area contributed by atoms with Crippen LogP contribution in [0.3, 0.4) is 0 Å². The predicted molar refractivity (Wildman–Crippen MR) is 51.7 cm³/mol. The van der Waals surface area contributed by atoms with E-state index in [0.717, 1.165) is 0 Å². The van der Waals surface area contributed by atoms with E-state index in [4.69, 9.17) is 9.47 Å². The highest BCUT2D eigenvalue weighted by molar-refractivity contribution is 5.65. The zero-order valence-electron chi connectivity index (χ0n) is 8.57. The predicted octanol–water partition coefficient (Wildman–Crippen LogP) is -0.116. The molecule has 6 nitrogen and oxygen atoms in total. The Morgan fingerprint density at radius 3 is 2.93 bits per heavy atom. The lowest BCUT2D eigenvalue weighted by Crippen LogP contribution is -2.14. The van der Waals surface area contributed by atoms with Crippen molar-refractivity contribution in [2.45, 2.75) is 13.3 Å². The molecule has 1 heterocycles. The number of aromatic amines is 1. The van der Waals surface area contributed by atoms with E-state index in [1.165, 1.54) is 20.2 Å². The molecule has 0 aromatic carbocycles. The first-order valence-corrected chi connectivity index (χ1v) is 4.39. The van der Waals surface area contributed by atoms with E-state index < -0.39 is 5.69 Å². The highest BCUT2D eigenvalue weighted by atomic mass is 16.5. The van der Waals surface area contributed by atoms with Gasteiger partial charge in [0.15, 0.2) is 5.88 Å². The normalized spacial score (nSPS) is 9.73. The van der Waals surface area contributed by atoms with Gasteiger partial charge in [-0.2, -0.15) is 0 Å². The first-order chi connectivity index (χ1) is 7.13. The number of nitrogens with one attached hydrogen (secondary N) is 1. The lowest BCUT2D eigenvalue weighted by Gasteiger charge is -2.06. The van der Waals surface area contributed by atoms with Crippen LogP contribution in [0, 0.1) is 0 Å². The molecule has 0 radical (unpaired) electrons. The maximum atomic E-state index is 10.9. The first kappa shape index (κ1) is 11.2. The van der Waals surface area contributed by atoms with E-state index in [0.29, 0.717) is 17.9 Å². The summed E-state index contributed by atoms with van der Waals surface area (Å²) in [5.41, 5.74) is 0.224. The number of methoxy groups -OCH3 is 1. The number of rotatable bonds is 4. The summed E-state index contributed by atoms with van der Waals surface area (Å²) < 4.78 is 9.71. The van der Waals surface area contributed by atoms with E-state index in [1.54, 1.807) is 0 Å². The first-order valence-electron chi connectivity index (χ1n) is 4.39. The van der Waals surface area contributed by atoms with Crippen molar-refractivity contribution in [3.8, 4) is 5.88 Å². The summed E-state index contributed by atoms with van der Waals surface area (Å²) in [5.74, 6) is 0.00787. The summed E-state index contributed by atoms with van der Waals surface area (Å²) in [4.78, 5) is 27.4. The van der Waals surface area contributed by atoms with E-state index >= 15 is 0 Å². The quantitative estimate of drug-likeness (QED) is 0.704. The van der Waals surface area contributed by atoms with Gasteiger partial charge in [-0.25, -0.2) is 9.78 Å². The van der Waals surface area contributed by atoms with Crippen LogP contribution in [0.15, 0.2) is 11.0 Å². The second-order valence-corrected chi connectivity index (χ2v) is 2.84. The van der Waals surface area contributed by atoms with Gasteiger partial charge >= 0.3 is 11.7 Å². The number of carbonyl (C=O) groups is 1. The Bertz CT molecular complexity index is 399. The Kier molecular flexibility index (Phi) is 3.84. The average molecular weight is 212 g/mol. The fourth-order valence-electron chi connectivity index (χ4n) is 1.07. The zero-order chi connectivity index (χ0) is 11.3. The molecule has 1 aromatic rings. The van der Waals surface area contributed by atoms with Crippen LogP contribution >= 0.6 is 0 Å². The highest BCUT2D eigenvalue weighted by Gasteiger charge is 2.05. The van der Waals surface area contributed by atoms with Crippen LogP contribution in [0.5, 0.6) is 5.88 Å². The Hall–Kier alpha value is -1.85. The Morgan fingerprint density at radius 1 is 1.60 bits per heavy atom. The molecule has 0 bridgehead atoms. The molecule has 6 heteroatoms. The fraction of sp³-hybridized carbons (Fsp3) is 0.444. The van der Waals surface area contributed by atoms with Crippen molar-refractivity contribution in [3.63, 3.8) is 0 Å².